The highest BCUT2D eigenvalue weighted by Gasteiger charge is 2.22. The number of esters is 1. The van der Waals surface area contributed by atoms with Crippen LogP contribution in [0.1, 0.15) is 27.8 Å². The molecule has 0 fully saturated rings. The Balaban J connectivity index is 1.64. The van der Waals surface area contributed by atoms with E-state index >= 15 is 0 Å². The largest absolute Gasteiger partial charge is 0.450 e. The third-order valence-electron chi connectivity index (χ3n) is 3.75. The van der Waals surface area contributed by atoms with Crippen LogP contribution in [-0.2, 0) is 4.74 Å². The Hall–Kier alpha value is -3.13. The molecule has 1 heterocycles. The summed E-state index contributed by atoms with van der Waals surface area (Å²) >= 11 is 1.30. The molecule has 8 heteroatoms. The topological polar surface area (TPSA) is 65.5 Å². The number of alkyl halides is 2. The van der Waals surface area contributed by atoms with Gasteiger partial charge in [-0.15, -0.1) is 11.3 Å². The second-order valence-electron chi connectivity index (χ2n) is 5.72. The van der Waals surface area contributed by atoms with Gasteiger partial charge in [0.05, 0.1) is 0 Å². The van der Waals surface area contributed by atoms with Crippen LogP contribution in [0.4, 0.5) is 8.78 Å². The summed E-state index contributed by atoms with van der Waals surface area (Å²) in [6, 6.07) is 14.5. The Morgan fingerprint density at radius 1 is 1.04 bits per heavy atom. The number of rotatable bonds is 7. The number of nitrogens with zero attached hydrogens (tertiary/aromatic N) is 1. The Kier molecular flexibility index (Phi) is 6.10. The third-order valence-corrected chi connectivity index (χ3v) is 4.64. The Labute approximate surface area is 163 Å². The van der Waals surface area contributed by atoms with Crippen molar-refractivity contribution in [3.8, 4) is 16.3 Å². The van der Waals surface area contributed by atoms with Crippen LogP contribution in [0.5, 0.6) is 5.75 Å². The second kappa shape index (κ2) is 8.71. The molecule has 2 aromatic carbocycles. The van der Waals surface area contributed by atoms with Crippen LogP contribution >= 0.6 is 11.3 Å². The predicted octanol–water partition coefficient (Wildman–Crippen LogP) is 4.84. The van der Waals surface area contributed by atoms with Gasteiger partial charge in [-0.25, -0.2) is 9.78 Å². The van der Waals surface area contributed by atoms with Crippen molar-refractivity contribution in [1.29, 1.82) is 0 Å². The molecule has 0 saturated heterocycles. The smallest absolute Gasteiger partial charge is 0.387 e. The van der Waals surface area contributed by atoms with Crippen molar-refractivity contribution in [3.63, 3.8) is 0 Å². The van der Waals surface area contributed by atoms with Gasteiger partial charge in [-0.1, -0.05) is 30.3 Å². The standard InChI is InChI=1S/C20H15F2NO4S/c1-12(17(24)13-7-9-15(10-8-13)27-20(21)22)26-19(25)16-11-28-18(23-16)14-5-3-2-4-6-14/h2-12,20H,1H3/t12-/m1/s1. The molecule has 0 aliphatic rings. The fourth-order valence-electron chi connectivity index (χ4n) is 2.39. The van der Waals surface area contributed by atoms with Crippen molar-refractivity contribution in [2.45, 2.75) is 19.6 Å². The molecule has 0 aliphatic carbocycles. The second-order valence-corrected chi connectivity index (χ2v) is 6.58. The van der Waals surface area contributed by atoms with Gasteiger partial charge in [-0.2, -0.15) is 8.78 Å². The molecule has 0 N–H and O–H groups in total. The van der Waals surface area contributed by atoms with Gasteiger partial charge in [-0.05, 0) is 31.2 Å². The van der Waals surface area contributed by atoms with E-state index in [4.69, 9.17) is 4.74 Å². The average molecular weight is 403 g/mol. The molecule has 0 bridgehead atoms. The van der Waals surface area contributed by atoms with Gasteiger partial charge in [0.1, 0.15) is 10.8 Å². The van der Waals surface area contributed by atoms with Crippen LogP contribution in [0.15, 0.2) is 60.0 Å². The van der Waals surface area contributed by atoms with E-state index in [0.29, 0.717) is 5.01 Å². The molecule has 28 heavy (non-hydrogen) atoms. The first-order chi connectivity index (χ1) is 13.4. The van der Waals surface area contributed by atoms with Gasteiger partial charge in [0.25, 0.3) is 0 Å². The third kappa shape index (κ3) is 4.77. The van der Waals surface area contributed by atoms with E-state index < -0.39 is 24.5 Å². The van der Waals surface area contributed by atoms with E-state index in [0.717, 1.165) is 5.56 Å². The number of benzene rings is 2. The van der Waals surface area contributed by atoms with Gasteiger partial charge in [0, 0.05) is 16.5 Å². The molecule has 0 saturated carbocycles. The van der Waals surface area contributed by atoms with Crippen molar-refractivity contribution in [3.05, 3.63) is 71.2 Å². The van der Waals surface area contributed by atoms with Gasteiger partial charge in [-0.3, -0.25) is 4.79 Å². The summed E-state index contributed by atoms with van der Waals surface area (Å²) in [5.74, 6) is -1.24. The SMILES string of the molecule is C[C@@H](OC(=O)c1csc(-c2ccccc2)n1)C(=O)c1ccc(OC(F)F)cc1. The minimum absolute atomic E-state index is 0.0629. The number of thiazole rings is 1. The Morgan fingerprint density at radius 2 is 1.71 bits per heavy atom. The van der Waals surface area contributed by atoms with E-state index in [1.807, 2.05) is 30.3 Å². The van der Waals surface area contributed by atoms with Crippen LogP contribution in [0, 0.1) is 0 Å². The lowest BCUT2D eigenvalue weighted by molar-refractivity contribution is -0.0498. The Morgan fingerprint density at radius 3 is 2.36 bits per heavy atom. The van der Waals surface area contributed by atoms with Crippen molar-refractivity contribution in [1.82, 2.24) is 4.98 Å². The number of carbonyl (C=O) groups is 2. The summed E-state index contributed by atoms with van der Waals surface area (Å²) in [7, 11) is 0. The van der Waals surface area contributed by atoms with Gasteiger partial charge < -0.3 is 9.47 Å². The lowest BCUT2D eigenvalue weighted by Crippen LogP contribution is -2.24. The van der Waals surface area contributed by atoms with Crippen LogP contribution < -0.4 is 4.74 Å². The van der Waals surface area contributed by atoms with Crippen LogP contribution in [0.25, 0.3) is 10.6 Å². The number of carbonyl (C=O) groups excluding carboxylic acids is 2. The van der Waals surface area contributed by atoms with Crippen molar-refractivity contribution in [2.24, 2.45) is 0 Å². The minimum Gasteiger partial charge on any atom is -0.450 e. The number of Topliss-reactive ketones (excluding diaryl/α,β-unsaturated/α-hetero) is 1. The molecule has 3 aromatic rings. The number of halogens is 2. The van der Waals surface area contributed by atoms with Gasteiger partial charge in [0.2, 0.25) is 5.78 Å². The minimum atomic E-state index is -2.94. The van der Waals surface area contributed by atoms with Crippen LogP contribution in [-0.4, -0.2) is 29.5 Å². The first kappa shape index (κ1) is 19.6. The highest BCUT2D eigenvalue weighted by Crippen LogP contribution is 2.24. The van der Waals surface area contributed by atoms with E-state index in [-0.39, 0.29) is 17.0 Å². The molecule has 3 rings (SSSR count). The van der Waals surface area contributed by atoms with E-state index in [9.17, 15) is 18.4 Å². The van der Waals surface area contributed by atoms with E-state index in [2.05, 4.69) is 9.72 Å². The zero-order valence-electron chi connectivity index (χ0n) is 14.7. The molecule has 0 aliphatic heterocycles. The summed E-state index contributed by atoms with van der Waals surface area (Å²) in [5, 5.41) is 2.24. The number of hydrogen-bond donors (Lipinski definition) is 0. The number of hydrogen-bond acceptors (Lipinski definition) is 6. The molecule has 1 aromatic heterocycles. The lowest BCUT2D eigenvalue weighted by Gasteiger charge is -2.12. The fraction of sp³-hybridized carbons (Fsp3) is 0.150. The zero-order chi connectivity index (χ0) is 20.1. The predicted molar refractivity (Wildman–Crippen MR) is 99.8 cm³/mol. The highest BCUT2D eigenvalue weighted by molar-refractivity contribution is 7.13. The van der Waals surface area contributed by atoms with Crippen molar-refractivity contribution in [2.75, 3.05) is 0 Å². The summed E-state index contributed by atoms with van der Waals surface area (Å²) in [6.07, 6.45) is -1.06. The van der Waals surface area contributed by atoms with Crippen LogP contribution in [0.2, 0.25) is 0 Å². The molecule has 0 amide bonds. The summed E-state index contributed by atoms with van der Waals surface area (Å²) in [4.78, 5) is 28.9. The normalized spacial score (nSPS) is 11.9. The molecular weight excluding hydrogens is 388 g/mol. The molecule has 1 atom stereocenters. The van der Waals surface area contributed by atoms with Gasteiger partial charge in [0.15, 0.2) is 11.8 Å². The van der Waals surface area contributed by atoms with Crippen molar-refractivity contribution >= 4 is 23.1 Å². The van der Waals surface area contributed by atoms with Crippen molar-refractivity contribution < 1.29 is 27.8 Å². The lowest BCUT2D eigenvalue weighted by atomic mass is 10.1. The first-order valence-electron chi connectivity index (χ1n) is 8.25. The molecule has 0 unspecified atom stereocenters. The monoisotopic (exact) mass is 403 g/mol. The van der Waals surface area contributed by atoms with Crippen LogP contribution in [0.3, 0.4) is 0 Å². The maximum atomic E-state index is 12.4. The number of ether oxygens (including phenoxy) is 2. The maximum absolute atomic E-state index is 12.4. The molecule has 144 valence electrons. The summed E-state index contributed by atoms with van der Waals surface area (Å²) in [6.45, 7) is -1.51. The average Bonchev–Trinajstić information content (AvgIpc) is 3.18. The summed E-state index contributed by atoms with van der Waals surface area (Å²) in [5.41, 5.74) is 1.20. The van der Waals surface area contributed by atoms with E-state index in [1.165, 1.54) is 42.5 Å². The fourth-order valence-corrected chi connectivity index (χ4v) is 3.19. The molecular formula is C20H15F2NO4S. The number of ketones is 1. The maximum Gasteiger partial charge on any atom is 0.387 e. The quantitative estimate of drug-likeness (QED) is 0.417. The first-order valence-corrected chi connectivity index (χ1v) is 9.13. The Bertz CT molecular complexity index is 958. The molecule has 0 radical (unpaired) electrons. The van der Waals surface area contributed by atoms with Gasteiger partial charge >= 0.3 is 12.6 Å². The zero-order valence-corrected chi connectivity index (χ0v) is 15.5. The summed E-state index contributed by atoms with van der Waals surface area (Å²) < 4.78 is 33.8. The molecule has 0 spiro atoms. The van der Waals surface area contributed by atoms with E-state index in [1.54, 1.807) is 5.38 Å². The number of aromatic nitrogens is 1. The highest BCUT2D eigenvalue weighted by atomic mass is 32.1. The molecule has 5 nitrogen and oxygen atoms in total.